The molecule has 1 amide bonds. The maximum absolute atomic E-state index is 13.1. The van der Waals surface area contributed by atoms with Crippen molar-refractivity contribution >= 4 is 5.91 Å². The zero-order valence-electron chi connectivity index (χ0n) is 17.6. The van der Waals surface area contributed by atoms with Crippen LogP contribution in [0.5, 0.6) is 5.88 Å². The molecule has 1 atom stereocenters. The molecule has 2 aliphatic rings. The second-order valence-electron chi connectivity index (χ2n) is 8.46. The Hall–Kier alpha value is -2.41. The van der Waals surface area contributed by atoms with Crippen LogP contribution in [0.15, 0.2) is 28.9 Å². The van der Waals surface area contributed by atoms with Crippen molar-refractivity contribution in [3.8, 4) is 5.88 Å². The van der Waals surface area contributed by atoms with E-state index in [4.69, 9.17) is 9.26 Å². The van der Waals surface area contributed by atoms with Gasteiger partial charge in [0.15, 0.2) is 0 Å². The Kier molecular flexibility index (Phi) is 5.58. The van der Waals surface area contributed by atoms with E-state index in [1.165, 1.54) is 0 Å². The molecule has 2 aromatic rings. The molecule has 0 radical (unpaired) electrons. The lowest BCUT2D eigenvalue weighted by Gasteiger charge is -2.58. The molecular formula is C22H30N4O3. The molecule has 2 saturated heterocycles. The molecule has 0 N–H and O–H groups in total. The first-order valence-electron chi connectivity index (χ1n) is 10.5. The van der Waals surface area contributed by atoms with Gasteiger partial charge in [-0.25, -0.2) is 4.98 Å². The van der Waals surface area contributed by atoms with Crippen molar-refractivity contribution in [2.75, 3.05) is 33.3 Å². The molecule has 7 heteroatoms. The van der Waals surface area contributed by atoms with Crippen molar-refractivity contribution in [3.63, 3.8) is 0 Å². The lowest BCUT2D eigenvalue weighted by atomic mass is 9.75. The number of likely N-dealkylation sites (N-methyl/N-ethyl adjacent to an activating group) is 1. The van der Waals surface area contributed by atoms with Crippen LogP contribution in [-0.4, -0.2) is 64.7 Å². The van der Waals surface area contributed by atoms with Gasteiger partial charge < -0.3 is 14.2 Å². The van der Waals surface area contributed by atoms with Gasteiger partial charge in [0.25, 0.3) is 5.91 Å². The SMILES string of the molecule is CCCc1onc(C)c1C(=O)N1CC2(CC(COc3ccccn3)CCN2C)C1. The summed E-state index contributed by atoms with van der Waals surface area (Å²) in [5.74, 6) is 1.92. The van der Waals surface area contributed by atoms with Crippen molar-refractivity contribution < 1.29 is 14.1 Å². The smallest absolute Gasteiger partial charge is 0.259 e. The highest BCUT2D eigenvalue weighted by Crippen LogP contribution is 2.39. The number of nitrogens with zero attached hydrogens (tertiary/aromatic N) is 4. The number of aryl methyl sites for hydroxylation is 2. The summed E-state index contributed by atoms with van der Waals surface area (Å²) >= 11 is 0. The van der Waals surface area contributed by atoms with E-state index < -0.39 is 0 Å². The molecule has 0 aromatic carbocycles. The summed E-state index contributed by atoms with van der Waals surface area (Å²) < 4.78 is 11.3. The number of likely N-dealkylation sites (tertiary alicyclic amines) is 2. The van der Waals surface area contributed by atoms with Gasteiger partial charge in [-0.3, -0.25) is 9.69 Å². The molecule has 2 aliphatic heterocycles. The fourth-order valence-electron chi connectivity index (χ4n) is 4.61. The number of carbonyl (C=O) groups is 1. The first kappa shape index (κ1) is 19.9. The van der Waals surface area contributed by atoms with Gasteiger partial charge in [-0.05, 0) is 51.8 Å². The summed E-state index contributed by atoms with van der Waals surface area (Å²) in [6.45, 7) is 7.12. The zero-order chi connectivity index (χ0) is 20.4. The zero-order valence-corrected chi connectivity index (χ0v) is 17.6. The summed E-state index contributed by atoms with van der Waals surface area (Å²) in [5.41, 5.74) is 1.40. The fourth-order valence-corrected chi connectivity index (χ4v) is 4.61. The van der Waals surface area contributed by atoms with Gasteiger partial charge >= 0.3 is 0 Å². The van der Waals surface area contributed by atoms with Crippen LogP contribution < -0.4 is 4.74 Å². The number of piperidine rings is 1. The summed E-state index contributed by atoms with van der Waals surface area (Å²) in [6.07, 6.45) is 5.56. The summed E-state index contributed by atoms with van der Waals surface area (Å²) in [6, 6.07) is 5.72. The van der Waals surface area contributed by atoms with Crippen molar-refractivity contribution in [1.29, 1.82) is 0 Å². The third-order valence-corrected chi connectivity index (χ3v) is 6.34. The van der Waals surface area contributed by atoms with E-state index in [-0.39, 0.29) is 11.4 Å². The number of aromatic nitrogens is 2. The van der Waals surface area contributed by atoms with Crippen LogP contribution in [0, 0.1) is 12.8 Å². The van der Waals surface area contributed by atoms with Crippen molar-refractivity contribution in [1.82, 2.24) is 19.9 Å². The van der Waals surface area contributed by atoms with E-state index in [2.05, 4.69) is 29.0 Å². The molecule has 2 fully saturated rings. The number of hydrogen-bond donors (Lipinski definition) is 0. The topological polar surface area (TPSA) is 71.7 Å². The van der Waals surface area contributed by atoms with E-state index in [0.717, 1.165) is 51.1 Å². The highest BCUT2D eigenvalue weighted by molar-refractivity contribution is 5.97. The highest BCUT2D eigenvalue weighted by Gasteiger charge is 2.51. The predicted molar refractivity (Wildman–Crippen MR) is 109 cm³/mol. The fraction of sp³-hybridized carbons (Fsp3) is 0.591. The van der Waals surface area contributed by atoms with Crippen LogP contribution in [0.1, 0.15) is 48.0 Å². The summed E-state index contributed by atoms with van der Waals surface area (Å²) in [4.78, 5) is 21.7. The number of carbonyl (C=O) groups excluding carboxylic acids is 1. The minimum atomic E-state index is 0.0437. The third kappa shape index (κ3) is 3.88. The van der Waals surface area contributed by atoms with Crippen LogP contribution in [-0.2, 0) is 6.42 Å². The van der Waals surface area contributed by atoms with E-state index in [0.29, 0.717) is 29.7 Å². The first-order chi connectivity index (χ1) is 14.0. The maximum Gasteiger partial charge on any atom is 0.259 e. The number of rotatable bonds is 6. The normalized spacial score (nSPS) is 21.2. The van der Waals surface area contributed by atoms with E-state index in [1.807, 2.05) is 30.0 Å². The standard InChI is InChI=1S/C22H30N4O3/c1-4-7-18-20(16(2)24-29-18)21(27)26-14-22(15-26)12-17(9-11-25(22)3)13-28-19-8-5-6-10-23-19/h5-6,8,10,17H,4,7,9,11-15H2,1-3H3. The number of pyridine rings is 1. The average molecular weight is 399 g/mol. The third-order valence-electron chi connectivity index (χ3n) is 6.34. The first-order valence-corrected chi connectivity index (χ1v) is 10.5. The Bertz CT molecular complexity index is 845. The van der Waals surface area contributed by atoms with Crippen LogP contribution in [0.2, 0.25) is 0 Å². The molecule has 29 heavy (non-hydrogen) atoms. The number of hydrogen-bond acceptors (Lipinski definition) is 6. The largest absolute Gasteiger partial charge is 0.477 e. The van der Waals surface area contributed by atoms with Crippen molar-refractivity contribution in [3.05, 3.63) is 41.4 Å². The van der Waals surface area contributed by atoms with Crippen molar-refractivity contribution in [2.24, 2.45) is 5.92 Å². The van der Waals surface area contributed by atoms with E-state index >= 15 is 0 Å². The van der Waals surface area contributed by atoms with Gasteiger partial charge in [-0.2, -0.15) is 0 Å². The van der Waals surface area contributed by atoms with E-state index in [9.17, 15) is 4.79 Å². The molecular weight excluding hydrogens is 368 g/mol. The second kappa shape index (κ2) is 8.14. The lowest BCUT2D eigenvalue weighted by molar-refractivity contribution is -0.0696. The van der Waals surface area contributed by atoms with Crippen LogP contribution >= 0.6 is 0 Å². The van der Waals surface area contributed by atoms with Gasteiger partial charge in [0.2, 0.25) is 5.88 Å². The molecule has 1 unspecified atom stereocenters. The Balaban J connectivity index is 1.38. The summed E-state index contributed by atoms with van der Waals surface area (Å²) in [7, 11) is 2.17. The Labute approximate surface area is 172 Å². The highest BCUT2D eigenvalue weighted by atomic mass is 16.5. The van der Waals surface area contributed by atoms with Crippen molar-refractivity contribution in [2.45, 2.75) is 45.1 Å². The van der Waals surface area contributed by atoms with Gasteiger partial charge in [0, 0.05) is 31.8 Å². The molecule has 0 saturated carbocycles. The molecule has 0 aliphatic carbocycles. The van der Waals surface area contributed by atoms with Gasteiger partial charge in [0.05, 0.1) is 17.8 Å². The maximum atomic E-state index is 13.1. The summed E-state index contributed by atoms with van der Waals surface area (Å²) in [5, 5.41) is 4.03. The minimum Gasteiger partial charge on any atom is -0.477 e. The quantitative estimate of drug-likeness (QED) is 0.745. The molecule has 4 heterocycles. The van der Waals surface area contributed by atoms with Crippen LogP contribution in [0.3, 0.4) is 0 Å². The van der Waals surface area contributed by atoms with Gasteiger partial charge in [-0.15, -0.1) is 0 Å². The van der Waals surface area contributed by atoms with Crippen LogP contribution in [0.4, 0.5) is 0 Å². The second-order valence-corrected chi connectivity index (χ2v) is 8.46. The average Bonchev–Trinajstić information content (AvgIpc) is 3.06. The van der Waals surface area contributed by atoms with Gasteiger partial charge in [0.1, 0.15) is 11.3 Å². The Morgan fingerprint density at radius 1 is 1.38 bits per heavy atom. The number of ether oxygens (including phenoxy) is 1. The van der Waals surface area contributed by atoms with Crippen LogP contribution in [0.25, 0.3) is 0 Å². The molecule has 1 spiro atoms. The monoisotopic (exact) mass is 398 g/mol. The molecule has 2 aromatic heterocycles. The Morgan fingerprint density at radius 2 is 2.21 bits per heavy atom. The minimum absolute atomic E-state index is 0.0437. The lowest BCUT2D eigenvalue weighted by Crippen LogP contribution is -2.72. The van der Waals surface area contributed by atoms with E-state index in [1.54, 1.807) is 6.20 Å². The number of amides is 1. The predicted octanol–water partition coefficient (Wildman–Crippen LogP) is 2.95. The Morgan fingerprint density at radius 3 is 2.93 bits per heavy atom. The molecule has 4 rings (SSSR count). The van der Waals surface area contributed by atoms with Gasteiger partial charge in [-0.1, -0.05) is 18.1 Å². The molecule has 156 valence electrons. The molecule has 7 nitrogen and oxygen atoms in total. The molecule has 0 bridgehead atoms.